The number of nitrogens with two attached hydrogens (primary N) is 1. The van der Waals surface area contributed by atoms with E-state index in [1.165, 1.54) is 0 Å². The molecule has 0 amide bonds. The zero-order valence-electron chi connectivity index (χ0n) is 12.1. The second-order valence-electron chi connectivity index (χ2n) is 6.15. The van der Waals surface area contributed by atoms with E-state index in [4.69, 9.17) is 5.73 Å². The average Bonchev–Trinajstić information content (AvgIpc) is 2.38. The van der Waals surface area contributed by atoms with E-state index >= 15 is 0 Å². The Morgan fingerprint density at radius 3 is 2.53 bits per heavy atom. The highest BCUT2D eigenvalue weighted by atomic mass is 32.2. The summed E-state index contributed by atoms with van der Waals surface area (Å²) in [5.41, 5.74) is 5.99. The van der Waals surface area contributed by atoms with E-state index in [2.05, 4.69) is 6.92 Å². The van der Waals surface area contributed by atoms with E-state index in [0.29, 0.717) is 25.6 Å². The van der Waals surface area contributed by atoms with Gasteiger partial charge in [0.2, 0.25) is 0 Å². The summed E-state index contributed by atoms with van der Waals surface area (Å²) in [6.45, 7) is 5.98. The van der Waals surface area contributed by atoms with Crippen LogP contribution in [0.5, 0.6) is 0 Å². The third-order valence-electron chi connectivity index (χ3n) is 4.35. The number of rotatable bonds is 3. The van der Waals surface area contributed by atoms with Gasteiger partial charge in [-0.1, -0.05) is 13.3 Å². The Balaban J connectivity index is 2.16. The molecular weight excluding hydrogens is 262 g/mol. The van der Waals surface area contributed by atoms with Gasteiger partial charge in [-0.3, -0.25) is 0 Å². The fourth-order valence-electron chi connectivity index (χ4n) is 3.25. The zero-order chi connectivity index (χ0) is 14.0. The van der Waals surface area contributed by atoms with Crippen LogP contribution in [-0.4, -0.2) is 48.7 Å². The summed E-state index contributed by atoms with van der Waals surface area (Å²) >= 11 is 0. The van der Waals surface area contributed by atoms with Crippen molar-refractivity contribution in [2.75, 3.05) is 19.6 Å². The number of piperidine rings is 2. The number of nitrogens with zero attached hydrogens (tertiary/aromatic N) is 2. The van der Waals surface area contributed by atoms with Crippen LogP contribution in [0.3, 0.4) is 0 Å². The van der Waals surface area contributed by atoms with E-state index in [9.17, 15) is 8.42 Å². The lowest BCUT2D eigenvalue weighted by Crippen LogP contribution is -2.57. The van der Waals surface area contributed by atoms with Gasteiger partial charge in [-0.25, -0.2) is 0 Å². The molecule has 2 N–H and O–H groups in total. The van der Waals surface area contributed by atoms with Gasteiger partial charge >= 0.3 is 0 Å². The maximum absolute atomic E-state index is 12.8. The lowest BCUT2D eigenvalue weighted by Gasteiger charge is -2.41. The Hall–Kier alpha value is -0.170. The van der Waals surface area contributed by atoms with Crippen molar-refractivity contribution in [2.45, 2.75) is 58.0 Å². The molecule has 2 fully saturated rings. The molecule has 2 rings (SSSR count). The van der Waals surface area contributed by atoms with Crippen LogP contribution in [0.4, 0.5) is 0 Å². The summed E-state index contributed by atoms with van der Waals surface area (Å²) in [5, 5.41) is 0. The lowest BCUT2D eigenvalue weighted by molar-refractivity contribution is 0.195. The highest BCUT2D eigenvalue weighted by Gasteiger charge is 2.39. The van der Waals surface area contributed by atoms with Gasteiger partial charge < -0.3 is 5.73 Å². The van der Waals surface area contributed by atoms with Crippen LogP contribution < -0.4 is 5.73 Å². The van der Waals surface area contributed by atoms with Crippen LogP contribution in [0.2, 0.25) is 0 Å². The minimum Gasteiger partial charge on any atom is -0.326 e. The van der Waals surface area contributed by atoms with Crippen LogP contribution >= 0.6 is 0 Å². The van der Waals surface area contributed by atoms with Crippen LogP contribution in [0, 0.1) is 5.92 Å². The predicted octanol–water partition coefficient (Wildman–Crippen LogP) is 1.16. The van der Waals surface area contributed by atoms with Crippen LogP contribution in [-0.2, 0) is 10.2 Å². The van der Waals surface area contributed by atoms with Gasteiger partial charge in [0.1, 0.15) is 0 Å². The molecule has 2 heterocycles. The zero-order valence-corrected chi connectivity index (χ0v) is 12.9. The molecule has 0 aliphatic carbocycles. The van der Waals surface area contributed by atoms with Crippen molar-refractivity contribution in [3.63, 3.8) is 0 Å². The van der Waals surface area contributed by atoms with Crippen molar-refractivity contribution in [2.24, 2.45) is 11.7 Å². The molecule has 2 aliphatic rings. The van der Waals surface area contributed by atoms with Gasteiger partial charge in [0.25, 0.3) is 10.2 Å². The molecular formula is C13H27N3O2S. The van der Waals surface area contributed by atoms with Crippen molar-refractivity contribution in [1.29, 1.82) is 0 Å². The third kappa shape index (κ3) is 3.29. The second-order valence-corrected chi connectivity index (χ2v) is 8.03. The first-order chi connectivity index (χ1) is 8.93. The first kappa shape index (κ1) is 15.2. The van der Waals surface area contributed by atoms with E-state index < -0.39 is 10.2 Å². The minimum atomic E-state index is -3.33. The Kier molecular flexibility index (Phi) is 4.87. The molecule has 0 aromatic rings. The van der Waals surface area contributed by atoms with E-state index in [-0.39, 0.29) is 12.1 Å². The fourth-order valence-corrected chi connectivity index (χ4v) is 5.35. The van der Waals surface area contributed by atoms with Gasteiger partial charge in [0.15, 0.2) is 0 Å². The molecule has 0 spiro atoms. The Labute approximate surface area is 117 Å². The monoisotopic (exact) mass is 289 g/mol. The smallest absolute Gasteiger partial charge is 0.282 e. The molecule has 0 bridgehead atoms. The molecule has 0 saturated carbocycles. The van der Waals surface area contributed by atoms with Gasteiger partial charge in [-0.05, 0) is 38.5 Å². The first-order valence-electron chi connectivity index (χ1n) is 7.45. The Bertz CT molecular complexity index is 397. The second kappa shape index (κ2) is 6.08. The highest BCUT2D eigenvalue weighted by molar-refractivity contribution is 7.86. The quantitative estimate of drug-likeness (QED) is 0.848. The average molecular weight is 289 g/mol. The highest BCUT2D eigenvalue weighted by Crippen LogP contribution is 2.27. The first-order valence-corrected chi connectivity index (χ1v) is 8.85. The van der Waals surface area contributed by atoms with E-state index in [1.807, 2.05) is 6.92 Å². The molecule has 19 heavy (non-hydrogen) atoms. The summed E-state index contributed by atoms with van der Waals surface area (Å²) in [6.07, 6.45) is 5.01. The number of hydrogen-bond donors (Lipinski definition) is 1. The van der Waals surface area contributed by atoms with Crippen LogP contribution in [0.25, 0.3) is 0 Å². The van der Waals surface area contributed by atoms with Crippen LogP contribution in [0.15, 0.2) is 0 Å². The van der Waals surface area contributed by atoms with Gasteiger partial charge in [0.05, 0.1) is 0 Å². The Morgan fingerprint density at radius 1 is 1.16 bits per heavy atom. The lowest BCUT2D eigenvalue weighted by atomic mass is 10.00. The van der Waals surface area contributed by atoms with E-state index in [1.54, 1.807) is 8.61 Å². The van der Waals surface area contributed by atoms with Crippen molar-refractivity contribution in [3.05, 3.63) is 0 Å². The van der Waals surface area contributed by atoms with Crippen molar-refractivity contribution in [3.8, 4) is 0 Å². The third-order valence-corrected chi connectivity index (χ3v) is 6.38. The molecule has 3 unspecified atom stereocenters. The molecule has 0 aromatic carbocycles. The van der Waals surface area contributed by atoms with Gasteiger partial charge in [-0.2, -0.15) is 17.0 Å². The van der Waals surface area contributed by atoms with Gasteiger partial charge in [-0.15, -0.1) is 0 Å². The molecule has 112 valence electrons. The summed E-state index contributed by atoms with van der Waals surface area (Å²) < 4.78 is 28.9. The van der Waals surface area contributed by atoms with Crippen molar-refractivity contribution < 1.29 is 8.42 Å². The molecule has 5 nitrogen and oxygen atoms in total. The fraction of sp³-hybridized carbons (Fsp3) is 1.00. The molecule has 2 saturated heterocycles. The standard InChI is InChI=1S/C13H27N3O2S/c1-11-6-5-8-15(10-11)19(17,18)16-9-4-3-7-13(16)12(2)14/h11-13H,3-10,14H2,1-2H3. The molecule has 0 radical (unpaired) electrons. The maximum Gasteiger partial charge on any atom is 0.282 e. The largest absolute Gasteiger partial charge is 0.326 e. The number of hydrogen-bond acceptors (Lipinski definition) is 3. The molecule has 2 aliphatic heterocycles. The maximum atomic E-state index is 12.8. The van der Waals surface area contributed by atoms with Gasteiger partial charge in [0, 0.05) is 31.7 Å². The van der Waals surface area contributed by atoms with Crippen molar-refractivity contribution in [1.82, 2.24) is 8.61 Å². The molecule has 6 heteroatoms. The topological polar surface area (TPSA) is 66.6 Å². The molecule has 0 aromatic heterocycles. The van der Waals surface area contributed by atoms with E-state index in [0.717, 1.165) is 32.1 Å². The SMILES string of the molecule is CC1CCCN(S(=O)(=O)N2CCCCC2C(C)N)C1. The van der Waals surface area contributed by atoms with Crippen molar-refractivity contribution >= 4 is 10.2 Å². The predicted molar refractivity (Wildman–Crippen MR) is 76.9 cm³/mol. The minimum absolute atomic E-state index is 0.0315. The molecule has 3 atom stereocenters. The summed E-state index contributed by atoms with van der Waals surface area (Å²) in [6, 6.07) is -0.131. The van der Waals surface area contributed by atoms with Crippen LogP contribution in [0.1, 0.15) is 46.0 Å². The normalized spacial score (nSPS) is 33.2. The summed E-state index contributed by atoms with van der Waals surface area (Å²) in [4.78, 5) is 0. The summed E-state index contributed by atoms with van der Waals surface area (Å²) in [5.74, 6) is 0.460. The summed E-state index contributed by atoms with van der Waals surface area (Å²) in [7, 11) is -3.33. The Morgan fingerprint density at radius 2 is 1.89 bits per heavy atom.